The third-order valence-electron chi connectivity index (χ3n) is 3.39. The Morgan fingerprint density at radius 3 is 2.75 bits per heavy atom. The number of nitrogens with one attached hydrogen (secondary N) is 1. The summed E-state index contributed by atoms with van der Waals surface area (Å²) in [7, 11) is 0. The van der Waals surface area contributed by atoms with Crippen molar-refractivity contribution in [2.45, 2.75) is 38.1 Å². The molecule has 1 nitrogen and oxygen atoms in total. The third kappa shape index (κ3) is 2.24. The maximum atomic E-state index is 13.7. The maximum Gasteiger partial charge on any atom is 0.131 e. The van der Waals surface area contributed by atoms with E-state index in [9.17, 15) is 8.78 Å². The molecule has 0 spiro atoms. The van der Waals surface area contributed by atoms with E-state index < -0.39 is 11.6 Å². The van der Waals surface area contributed by atoms with Crippen LogP contribution in [-0.2, 0) is 5.54 Å². The highest BCUT2D eigenvalue weighted by Crippen LogP contribution is 2.31. The van der Waals surface area contributed by atoms with E-state index in [1.54, 1.807) is 6.07 Å². The van der Waals surface area contributed by atoms with Gasteiger partial charge in [-0.15, -0.1) is 0 Å². The summed E-state index contributed by atoms with van der Waals surface area (Å²) >= 11 is 0. The van der Waals surface area contributed by atoms with Gasteiger partial charge in [0, 0.05) is 17.2 Å². The van der Waals surface area contributed by atoms with Crippen LogP contribution in [0.3, 0.4) is 0 Å². The SMILES string of the molecule is CC1(c2ccc(F)cc2F)CCCCCN1. The monoisotopic (exact) mass is 225 g/mol. The molecular formula is C13H17F2N. The zero-order chi connectivity index (χ0) is 11.6. The Hall–Kier alpha value is -0.960. The van der Waals surface area contributed by atoms with Gasteiger partial charge in [-0.05, 0) is 32.4 Å². The molecule has 1 aromatic rings. The lowest BCUT2D eigenvalue weighted by molar-refractivity contribution is 0.344. The minimum atomic E-state index is -0.515. The first-order chi connectivity index (χ1) is 7.62. The molecular weight excluding hydrogens is 208 g/mol. The molecule has 0 aromatic heterocycles. The number of rotatable bonds is 1. The van der Waals surface area contributed by atoms with Crippen molar-refractivity contribution in [3.05, 3.63) is 35.4 Å². The molecule has 1 fully saturated rings. The van der Waals surface area contributed by atoms with E-state index in [1.165, 1.54) is 12.5 Å². The fourth-order valence-electron chi connectivity index (χ4n) is 2.40. The van der Waals surface area contributed by atoms with Crippen molar-refractivity contribution in [1.29, 1.82) is 0 Å². The van der Waals surface area contributed by atoms with Crippen LogP contribution in [-0.4, -0.2) is 6.54 Å². The van der Waals surface area contributed by atoms with Crippen LogP contribution in [0.25, 0.3) is 0 Å². The van der Waals surface area contributed by atoms with Crippen LogP contribution < -0.4 is 5.32 Å². The molecule has 1 saturated heterocycles. The molecule has 0 radical (unpaired) electrons. The summed E-state index contributed by atoms with van der Waals surface area (Å²) in [5.41, 5.74) is 0.227. The van der Waals surface area contributed by atoms with Crippen molar-refractivity contribution in [2.24, 2.45) is 0 Å². The molecule has 16 heavy (non-hydrogen) atoms. The first-order valence-corrected chi connectivity index (χ1v) is 5.82. The molecule has 0 amide bonds. The van der Waals surface area contributed by atoms with Crippen LogP contribution in [0.1, 0.15) is 38.2 Å². The summed E-state index contributed by atoms with van der Waals surface area (Å²) in [5.74, 6) is -0.963. The van der Waals surface area contributed by atoms with Crippen LogP contribution in [0.2, 0.25) is 0 Å². The maximum absolute atomic E-state index is 13.7. The predicted octanol–water partition coefficient (Wildman–Crippen LogP) is 3.34. The van der Waals surface area contributed by atoms with Gasteiger partial charge in [0.1, 0.15) is 11.6 Å². The average molecular weight is 225 g/mol. The molecule has 3 heteroatoms. The average Bonchev–Trinajstić information content (AvgIpc) is 2.43. The molecule has 0 saturated carbocycles. The van der Waals surface area contributed by atoms with Gasteiger partial charge in [-0.2, -0.15) is 0 Å². The lowest BCUT2D eigenvalue weighted by atomic mass is 9.87. The van der Waals surface area contributed by atoms with E-state index in [0.717, 1.165) is 31.9 Å². The first kappa shape index (κ1) is 11.5. The standard InChI is InChI=1S/C13H17F2N/c1-13(7-3-2-4-8-16-13)11-6-5-10(14)9-12(11)15/h5-6,9,16H,2-4,7-8H2,1H3. The number of benzene rings is 1. The Morgan fingerprint density at radius 1 is 1.19 bits per heavy atom. The molecule has 1 aliphatic heterocycles. The van der Waals surface area contributed by atoms with E-state index in [1.807, 2.05) is 6.92 Å². The van der Waals surface area contributed by atoms with Crippen LogP contribution >= 0.6 is 0 Å². The van der Waals surface area contributed by atoms with Gasteiger partial charge in [0.15, 0.2) is 0 Å². The third-order valence-corrected chi connectivity index (χ3v) is 3.39. The molecule has 1 unspecified atom stereocenters. The lowest BCUT2D eigenvalue weighted by Crippen LogP contribution is -2.39. The Labute approximate surface area is 94.9 Å². The molecule has 1 heterocycles. The normalized spacial score (nSPS) is 26.4. The quantitative estimate of drug-likeness (QED) is 0.773. The highest BCUT2D eigenvalue weighted by atomic mass is 19.1. The molecule has 88 valence electrons. The summed E-state index contributed by atoms with van der Waals surface area (Å²) in [6, 6.07) is 3.85. The van der Waals surface area contributed by atoms with Crippen LogP contribution in [0.15, 0.2) is 18.2 Å². The number of hydrogen-bond acceptors (Lipinski definition) is 1. The van der Waals surface area contributed by atoms with E-state index >= 15 is 0 Å². The zero-order valence-corrected chi connectivity index (χ0v) is 9.52. The smallest absolute Gasteiger partial charge is 0.131 e. The molecule has 1 aromatic carbocycles. The van der Waals surface area contributed by atoms with Crippen molar-refractivity contribution in [3.63, 3.8) is 0 Å². The van der Waals surface area contributed by atoms with Gasteiger partial charge in [-0.3, -0.25) is 0 Å². The topological polar surface area (TPSA) is 12.0 Å². The Balaban J connectivity index is 2.33. The summed E-state index contributed by atoms with van der Waals surface area (Å²) < 4.78 is 26.6. The molecule has 0 aliphatic carbocycles. The van der Waals surface area contributed by atoms with Crippen molar-refractivity contribution in [3.8, 4) is 0 Å². The van der Waals surface area contributed by atoms with E-state index in [0.29, 0.717) is 5.56 Å². The van der Waals surface area contributed by atoms with E-state index in [4.69, 9.17) is 0 Å². The van der Waals surface area contributed by atoms with Gasteiger partial charge in [0.05, 0.1) is 0 Å². The van der Waals surface area contributed by atoms with Crippen LogP contribution in [0, 0.1) is 11.6 Å². The second-order valence-corrected chi connectivity index (χ2v) is 4.69. The van der Waals surface area contributed by atoms with E-state index in [2.05, 4.69) is 5.32 Å². The van der Waals surface area contributed by atoms with Crippen molar-refractivity contribution in [1.82, 2.24) is 5.32 Å². The van der Waals surface area contributed by atoms with Gasteiger partial charge in [-0.25, -0.2) is 8.78 Å². The van der Waals surface area contributed by atoms with Crippen molar-refractivity contribution < 1.29 is 8.78 Å². The van der Waals surface area contributed by atoms with Crippen molar-refractivity contribution in [2.75, 3.05) is 6.54 Å². The number of hydrogen-bond donors (Lipinski definition) is 1. The molecule has 1 aliphatic rings. The Bertz CT molecular complexity index is 368. The predicted molar refractivity (Wildman–Crippen MR) is 60.2 cm³/mol. The largest absolute Gasteiger partial charge is 0.308 e. The van der Waals surface area contributed by atoms with Gasteiger partial charge in [-0.1, -0.05) is 18.9 Å². The second-order valence-electron chi connectivity index (χ2n) is 4.69. The van der Waals surface area contributed by atoms with Crippen molar-refractivity contribution >= 4 is 0 Å². The highest BCUT2D eigenvalue weighted by Gasteiger charge is 2.29. The van der Waals surface area contributed by atoms with Gasteiger partial charge < -0.3 is 5.32 Å². The Morgan fingerprint density at radius 2 is 2.00 bits per heavy atom. The zero-order valence-electron chi connectivity index (χ0n) is 9.52. The first-order valence-electron chi connectivity index (χ1n) is 5.82. The molecule has 0 bridgehead atoms. The van der Waals surface area contributed by atoms with Crippen LogP contribution in [0.5, 0.6) is 0 Å². The minimum Gasteiger partial charge on any atom is -0.308 e. The summed E-state index contributed by atoms with van der Waals surface area (Å²) in [5, 5.41) is 3.37. The highest BCUT2D eigenvalue weighted by molar-refractivity contribution is 5.26. The number of halogens is 2. The Kier molecular flexibility index (Phi) is 3.24. The summed E-state index contributed by atoms with van der Waals surface area (Å²) in [4.78, 5) is 0. The fraction of sp³-hybridized carbons (Fsp3) is 0.538. The van der Waals surface area contributed by atoms with Gasteiger partial charge in [0.2, 0.25) is 0 Å². The lowest BCUT2D eigenvalue weighted by Gasteiger charge is -2.30. The molecule has 2 rings (SSSR count). The molecule has 1 atom stereocenters. The van der Waals surface area contributed by atoms with E-state index in [-0.39, 0.29) is 5.54 Å². The van der Waals surface area contributed by atoms with Crippen LogP contribution in [0.4, 0.5) is 8.78 Å². The second kappa shape index (κ2) is 4.50. The molecule has 1 N–H and O–H groups in total. The van der Waals surface area contributed by atoms with Gasteiger partial charge in [0.25, 0.3) is 0 Å². The minimum absolute atomic E-state index is 0.353. The summed E-state index contributed by atoms with van der Waals surface area (Å²) in [6.07, 6.45) is 4.28. The summed E-state index contributed by atoms with van der Waals surface area (Å²) in [6.45, 7) is 2.89. The fourth-order valence-corrected chi connectivity index (χ4v) is 2.40. The van der Waals surface area contributed by atoms with Gasteiger partial charge >= 0.3 is 0 Å².